The van der Waals surface area contributed by atoms with E-state index in [1.54, 1.807) is 18.2 Å². The van der Waals surface area contributed by atoms with Crippen LogP contribution in [-0.4, -0.2) is 23.7 Å². The Kier molecular flexibility index (Phi) is 4.38. The van der Waals surface area contributed by atoms with E-state index in [1.165, 1.54) is 0 Å². The van der Waals surface area contributed by atoms with Gasteiger partial charge in [0.1, 0.15) is 18.4 Å². The summed E-state index contributed by atoms with van der Waals surface area (Å²) in [6.45, 7) is -0.114. The van der Waals surface area contributed by atoms with E-state index in [0.717, 1.165) is 4.47 Å². The second-order valence-electron chi connectivity index (χ2n) is 2.83. The Morgan fingerprint density at radius 2 is 2.33 bits per heavy atom. The number of ether oxygens (including phenoxy) is 1. The fraction of sp³-hybridized carbons (Fsp3) is 0.222. The van der Waals surface area contributed by atoms with Crippen molar-refractivity contribution in [2.24, 2.45) is 5.73 Å². The lowest BCUT2D eigenvalue weighted by Crippen LogP contribution is -2.36. The zero-order valence-corrected chi connectivity index (χ0v) is 9.96. The number of nitrogens with two attached hydrogens (primary N) is 1. The van der Waals surface area contributed by atoms with Gasteiger partial charge < -0.3 is 15.6 Å². The molecule has 1 rings (SSSR count). The second kappa shape index (κ2) is 5.34. The maximum atomic E-state index is 10.4. The van der Waals surface area contributed by atoms with Crippen LogP contribution >= 0.6 is 27.5 Å². The van der Waals surface area contributed by atoms with E-state index in [4.69, 9.17) is 27.2 Å². The molecule has 1 aromatic carbocycles. The number of carboxylic acids is 1. The fourth-order valence-corrected chi connectivity index (χ4v) is 1.57. The van der Waals surface area contributed by atoms with Crippen molar-refractivity contribution in [3.05, 3.63) is 27.7 Å². The number of carboxylic acid groups (broad SMARTS) is 1. The molecule has 82 valence electrons. The molecule has 0 aromatic heterocycles. The number of hydrogen-bond donors (Lipinski definition) is 2. The quantitative estimate of drug-likeness (QED) is 0.889. The summed E-state index contributed by atoms with van der Waals surface area (Å²) >= 11 is 9.09. The van der Waals surface area contributed by atoms with Crippen molar-refractivity contribution in [2.45, 2.75) is 6.04 Å². The number of benzene rings is 1. The molecule has 0 saturated carbocycles. The highest BCUT2D eigenvalue weighted by Crippen LogP contribution is 2.27. The van der Waals surface area contributed by atoms with Crippen molar-refractivity contribution >= 4 is 33.5 Å². The van der Waals surface area contributed by atoms with Crippen molar-refractivity contribution in [1.29, 1.82) is 0 Å². The van der Waals surface area contributed by atoms with Gasteiger partial charge in [0.05, 0.1) is 5.02 Å². The van der Waals surface area contributed by atoms with Gasteiger partial charge in [0, 0.05) is 4.47 Å². The molecule has 1 unspecified atom stereocenters. The Morgan fingerprint density at radius 1 is 1.67 bits per heavy atom. The van der Waals surface area contributed by atoms with Gasteiger partial charge in [0.25, 0.3) is 0 Å². The van der Waals surface area contributed by atoms with Gasteiger partial charge in [-0.3, -0.25) is 4.79 Å². The lowest BCUT2D eigenvalue weighted by atomic mass is 10.3. The molecule has 0 fully saturated rings. The maximum absolute atomic E-state index is 10.4. The molecule has 0 bridgehead atoms. The van der Waals surface area contributed by atoms with E-state index in [0.29, 0.717) is 10.8 Å². The molecule has 3 N–H and O–H groups in total. The normalized spacial score (nSPS) is 12.2. The summed E-state index contributed by atoms with van der Waals surface area (Å²) in [7, 11) is 0. The van der Waals surface area contributed by atoms with Crippen LogP contribution in [0.25, 0.3) is 0 Å². The van der Waals surface area contributed by atoms with Crippen molar-refractivity contribution in [3.8, 4) is 5.75 Å². The minimum absolute atomic E-state index is 0.114. The zero-order valence-electron chi connectivity index (χ0n) is 7.61. The summed E-state index contributed by atoms with van der Waals surface area (Å²) in [6.07, 6.45) is 0. The lowest BCUT2D eigenvalue weighted by molar-refractivity contribution is -0.139. The molecule has 0 radical (unpaired) electrons. The van der Waals surface area contributed by atoms with Crippen molar-refractivity contribution in [1.82, 2.24) is 0 Å². The summed E-state index contributed by atoms with van der Waals surface area (Å²) < 4.78 is 5.98. The predicted octanol–water partition coefficient (Wildman–Crippen LogP) is 1.89. The van der Waals surface area contributed by atoms with Crippen LogP contribution in [0.1, 0.15) is 0 Å². The number of rotatable bonds is 4. The highest BCUT2D eigenvalue weighted by molar-refractivity contribution is 9.10. The van der Waals surface area contributed by atoms with Crippen molar-refractivity contribution in [3.63, 3.8) is 0 Å². The van der Waals surface area contributed by atoms with E-state index >= 15 is 0 Å². The van der Waals surface area contributed by atoms with Crippen LogP contribution in [-0.2, 0) is 4.79 Å². The molecule has 4 nitrogen and oxygen atoms in total. The molecule has 0 spiro atoms. The van der Waals surface area contributed by atoms with Gasteiger partial charge in [0.2, 0.25) is 0 Å². The molecule has 1 atom stereocenters. The number of carbonyl (C=O) groups is 1. The van der Waals surface area contributed by atoms with Gasteiger partial charge in [-0.15, -0.1) is 0 Å². The van der Waals surface area contributed by atoms with E-state index in [9.17, 15) is 4.79 Å². The molecule has 0 amide bonds. The minimum atomic E-state index is -1.11. The first kappa shape index (κ1) is 12.3. The Morgan fingerprint density at radius 3 is 2.87 bits per heavy atom. The molecular weight excluding hydrogens is 285 g/mol. The minimum Gasteiger partial charge on any atom is -0.490 e. The SMILES string of the molecule is NC(COc1ccc(Br)cc1Cl)C(=O)O. The average molecular weight is 295 g/mol. The largest absolute Gasteiger partial charge is 0.490 e. The molecule has 15 heavy (non-hydrogen) atoms. The summed E-state index contributed by atoms with van der Waals surface area (Å²) in [4.78, 5) is 10.4. The topological polar surface area (TPSA) is 72.5 Å². The molecule has 0 aliphatic rings. The smallest absolute Gasteiger partial charge is 0.324 e. The first-order valence-electron chi connectivity index (χ1n) is 4.07. The molecule has 0 saturated heterocycles. The first-order valence-corrected chi connectivity index (χ1v) is 5.24. The Bertz CT molecular complexity index is 372. The zero-order chi connectivity index (χ0) is 11.4. The van der Waals surface area contributed by atoms with Crippen molar-refractivity contribution in [2.75, 3.05) is 6.61 Å². The van der Waals surface area contributed by atoms with E-state index in [2.05, 4.69) is 15.9 Å². The second-order valence-corrected chi connectivity index (χ2v) is 4.15. The molecule has 6 heteroatoms. The number of halogens is 2. The van der Waals surface area contributed by atoms with Crippen LogP contribution in [0.4, 0.5) is 0 Å². The molecule has 0 heterocycles. The Hall–Kier alpha value is -0.780. The van der Waals surface area contributed by atoms with Crippen LogP contribution in [0, 0.1) is 0 Å². The number of hydrogen-bond acceptors (Lipinski definition) is 3. The van der Waals surface area contributed by atoms with Crippen LogP contribution in [0.5, 0.6) is 5.75 Å². The van der Waals surface area contributed by atoms with Gasteiger partial charge in [-0.1, -0.05) is 27.5 Å². The molecule has 0 aliphatic heterocycles. The number of aliphatic carboxylic acids is 1. The first-order chi connectivity index (χ1) is 7.00. The van der Waals surface area contributed by atoms with Gasteiger partial charge in [-0.2, -0.15) is 0 Å². The third kappa shape index (κ3) is 3.70. The van der Waals surface area contributed by atoms with Gasteiger partial charge in [0.15, 0.2) is 0 Å². The van der Waals surface area contributed by atoms with Crippen LogP contribution in [0.15, 0.2) is 22.7 Å². The van der Waals surface area contributed by atoms with Gasteiger partial charge >= 0.3 is 5.97 Å². The summed E-state index contributed by atoms with van der Waals surface area (Å²) in [5.74, 6) is -0.695. The van der Waals surface area contributed by atoms with E-state index in [1.807, 2.05) is 0 Å². The third-order valence-electron chi connectivity index (χ3n) is 1.63. The molecule has 0 aliphatic carbocycles. The van der Waals surface area contributed by atoms with E-state index < -0.39 is 12.0 Å². The third-order valence-corrected chi connectivity index (χ3v) is 2.42. The van der Waals surface area contributed by atoms with E-state index in [-0.39, 0.29) is 6.61 Å². The molecule has 1 aromatic rings. The Balaban J connectivity index is 2.62. The highest BCUT2D eigenvalue weighted by Gasteiger charge is 2.12. The van der Waals surface area contributed by atoms with Crippen molar-refractivity contribution < 1.29 is 14.6 Å². The average Bonchev–Trinajstić information content (AvgIpc) is 2.15. The summed E-state index contributed by atoms with van der Waals surface area (Å²) in [5, 5.41) is 8.93. The maximum Gasteiger partial charge on any atom is 0.324 e. The molecular formula is C9H9BrClNO3. The highest BCUT2D eigenvalue weighted by atomic mass is 79.9. The summed E-state index contributed by atoms with van der Waals surface area (Å²) in [6, 6.07) is 3.99. The van der Waals surface area contributed by atoms with Crippen LogP contribution in [0.3, 0.4) is 0 Å². The van der Waals surface area contributed by atoms with Gasteiger partial charge in [-0.25, -0.2) is 0 Å². The fourth-order valence-electron chi connectivity index (χ4n) is 0.843. The van der Waals surface area contributed by atoms with Crippen LogP contribution < -0.4 is 10.5 Å². The monoisotopic (exact) mass is 293 g/mol. The van der Waals surface area contributed by atoms with Gasteiger partial charge in [-0.05, 0) is 18.2 Å². The lowest BCUT2D eigenvalue weighted by Gasteiger charge is -2.10. The van der Waals surface area contributed by atoms with Crippen LogP contribution in [0.2, 0.25) is 5.02 Å². The Labute approximate surface area is 100 Å². The standard InChI is InChI=1S/C9H9BrClNO3/c10-5-1-2-8(6(11)3-5)15-4-7(12)9(13)14/h1-3,7H,4,12H2,(H,13,14). The predicted molar refractivity (Wildman–Crippen MR) is 60.3 cm³/mol. The summed E-state index contributed by atoms with van der Waals surface area (Å²) in [5.41, 5.74) is 5.27.